The summed E-state index contributed by atoms with van der Waals surface area (Å²) in [6, 6.07) is 16.3. The van der Waals surface area contributed by atoms with Crippen molar-refractivity contribution in [3.63, 3.8) is 0 Å². The molecule has 0 bridgehead atoms. The van der Waals surface area contributed by atoms with Gasteiger partial charge in [-0.1, -0.05) is 98.2 Å². The molecule has 2 aromatic carbocycles. The smallest absolute Gasteiger partial charge is 0.168 e. The molecular weight excluding hydrogens is 342 g/mol. The molecule has 3 nitrogen and oxygen atoms in total. The first kappa shape index (κ1) is 17.7. The van der Waals surface area contributed by atoms with Crippen LogP contribution < -0.4 is 0 Å². The second kappa shape index (κ2) is 7.89. The molecule has 0 radical (unpaired) electrons. The van der Waals surface area contributed by atoms with Crippen molar-refractivity contribution in [1.29, 1.82) is 0 Å². The van der Waals surface area contributed by atoms with Gasteiger partial charge in [0, 0.05) is 16.7 Å². The Kier molecular flexibility index (Phi) is 4.98. The van der Waals surface area contributed by atoms with Crippen molar-refractivity contribution in [1.82, 2.24) is 14.8 Å². The van der Waals surface area contributed by atoms with Crippen molar-refractivity contribution in [2.45, 2.75) is 6.42 Å². The van der Waals surface area contributed by atoms with Gasteiger partial charge in [0.15, 0.2) is 11.6 Å². The second-order valence-electron chi connectivity index (χ2n) is 6.42. The Morgan fingerprint density at radius 3 is 2.46 bits per heavy atom. The van der Waals surface area contributed by atoms with E-state index in [9.17, 15) is 0 Å². The molecule has 0 fully saturated rings. The monoisotopic (exact) mass is 363 g/mol. The van der Waals surface area contributed by atoms with Crippen LogP contribution in [0.1, 0.15) is 23.4 Å². The van der Waals surface area contributed by atoms with Gasteiger partial charge in [0.05, 0.1) is 5.69 Å². The van der Waals surface area contributed by atoms with Crippen LogP contribution in [0.5, 0.6) is 0 Å². The summed E-state index contributed by atoms with van der Waals surface area (Å²) in [6.07, 6.45) is 15.0. The highest BCUT2D eigenvalue weighted by atomic mass is 15.3. The number of benzene rings is 2. The average molecular weight is 363 g/mol. The third kappa shape index (κ3) is 3.19. The van der Waals surface area contributed by atoms with E-state index in [1.165, 1.54) is 0 Å². The van der Waals surface area contributed by atoms with Crippen molar-refractivity contribution in [3.8, 4) is 17.1 Å². The minimum atomic E-state index is 0.798. The lowest BCUT2D eigenvalue weighted by Gasteiger charge is -2.15. The third-order valence-electron chi connectivity index (χ3n) is 4.73. The van der Waals surface area contributed by atoms with Crippen LogP contribution in [-0.2, 0) is 0 Å². The Labute approximate surface area is 165 Å². The van der Waals surface area contributed by atoms with Crippen LogP contribution in [0, 0.1) is 0 Å². The second-order valence-corrected chi connectivity index (χ2v) is 6.42. The molecule has 0 unspecified atom stereocenters. The Morgan fingerprint density at radius 1 is 0.857 bits per heavy atom. The first-order valence-electron chi connectivity index (χ1n) is 9.26. The summed E-state index contributed by atoms with van der Waals surface area (Å²) in [7, 11) is 0. The zero-order chi connectivity index (χ0) is 19.3. The Morgan fingerprint density at radius 2 is 1.68 bits per heavy atom. The molecule has 0 spiro atoms. The highest BCUT2D eigenvalue weighted by Gasteiger charge is 2.20. The quantitative estimate of drug-likeness (QED) is 0.547. The number of nitrogens with zero attached hydrogens (tertiary/aromatic N) is 3. The summed E-state index contributed by atoms with van der Waals surface area (Å²) >= 11 is 0. The molecule has 1 aliphatic rings. The fourth-order valence-electron chi connectivity index (χ4n) is 3.38. The summed E-state index contributed by atoms with van der Waals surface area (Å²) in [6.45, 7) is 7.98. The van der Waals surface area contributed by atoms with E-state index in [0.717, 1.165) is 46.0 Å². The van der Waals surface area contributed by atoms with Crippen LogP contribution in [0.3, 0.4) is 0 Å². The summed E-state index contributed by atoms with van der Waals surface area (Å²) in [5, 5.41) is 9.13. The number of aromatic nitrogens is 3. The molecule has 4 rings (SSSR count). The van der Waals surface area contributed by atoms with Gasteiger partial charge in [-0.15, -0.1) is 10.2 Å². The molecular formula is C25H21N3. The zero-order valence-corrected chi connectivity index (χ0v) is 15.6. The van der Waals surface area contributed by atoms with E-state index in [-0.39, 0.29) is 0 Å². The molecule has 0 amide bonds. The van der Waals surface area contributed by atoms with E-state index in [1.54, 1.807) is 0 Å². The minimum Gasteiger partial charge on any atom is -0.274 e. The maximum Gasteiger partial charge on any atom is 0.168 e. The van der Waals surface area contributed by atoms with Gasteiger partial charge >= 0.3 is 0 Å². The van der Waals surface area contributed by atoms with Crippen molar-refractivity contribution < 1.29 is 0 Å². The first-order valence-corrected chi connectivity index (χ1v) is 9.26. The lowest BCUT2D eigenvalue weighted by atomic mass is 10.0. The summed E-state index contributed by atoms with van der Waals surface area (Å²) in [5.41, 5.74) is 5.07. The molecule has 0 N–H and O–H groups in total. The van der Waals surface area contributed by atoms with E-state index in [1.807, 2.05) is 60.7 Å². The SMILES string of the molecule is C=Cc1cccc(-n2c(C3=CCC=CC=C3)nnc2-c2ccccc2)c1C=C. The molecule has 1 aliphatic carbocycles. The van der Waals surface area contributed by atoms with Gasteiger partial charge in [0.1, 0.15) is 0 Å². The van der Waals surface area contributed by atoms with Crippen LogP contribution in [-0.4, -0.2) is 14.8 Å². The summed E-state index contributed by atoms with van der Waals surface area (Å²) < 4.78 is 2.11. The number of hydrogen-bond acceptors (Lipinski definition) is 2. The van der Waals surface area contributed by atoms with Crippen LogP contribution in [0.25, 0.3) is 34.8 Å². The van der Waals surface area contributed by atoms with Crippen molar-refractivity contribution in [2.75, 3.05) is 0 Å². The number of allylic oxidation sites excluding steroid dienone is 6. The molecule has 136 valence electrons. The Bertz CT molecular complexity index is 1110. The van der Waals surface area contributed by atoms with Gasteiger partial charge in [-0.2, -0.15) is 0 Å². The Hall–Kier alpha value is -3.72. The molecule has 28 heavy (non-hydrogen) atoms. The fourth-order valence-corrected chi connectivity index (χ4v) is 3.38. The first-order chi connectivity index (χ1) is 13.8. The standard InChI is InChI=1S/C25H21N3/c1-3-19-17-12-18-23(22(19)4-2)28-24(20-13-8-5-6-9-14-20)26-27-25(28)21-15-10-7-11-16-21/h3-8,10-18H,1-2,9H2. The summed E-state index contributed by atoms with van der Waals surface area (Å²) in [4.78, 5) is 0. The van der Waals surface area contributed by atoms with Crippen LogP contribution >= 0.6 is 0 Å². The normalized spacial score (nSPS) is 13.1. The third-order valence-corrected chi connectivity index (χ3v) is 4.73. The number of rotatable bonds is 5. The average Bonchev–Trinajstić information content (AvgIpc) is 3.01. The minimum absolute atomic E-state index is 0.798. The molecule has 0 saturated heterocycles. The van der Waals surface area contributed by atoms with Gasteiger partial charge in [-0.05, 0) is 18.1 Å². The van der Waals surface area contributed by atoms with Crippen LogP contribution in [0.15, 0.2) is 92.1 Å². The van der Waals surface area contributed by atoms with Crippen LogP contribution in [0.4, 0.5) is 0 Å². The maximum absolute atomic E-state index is 4.57. The molecule has 3 heteroatoms. The molecule has 0 saturated carbocycles. The molecule has 0 atom stereocenters. The van der Waals surface area contributed by atoms with Gasteiger partial charge in [-0.3, -0.25) is 4.57 Å². The van der Waals surface area contributed by atoms with Gasteiger partial charge in [0.25, 0.3) is 0 Å². The highest BCUT2D eigenvalue weighted by molar-refractivity contribution is 5.78. The predicted molar refractivity (Wildman–Crippen MR) is 118 cm³/mol. The molecule has 0 aliphatic heterocycles. The largest absolute Gasteiger partial charge is 0.274 e. The van der Waals surface area contributed by atoms with Crippen molar-refractivity contribution in [2.24, 2.45) is 0 Å². The predicted octanol–water partition coefficient (Wildman–Crippen LogP) is 6.12. The lowest BCUT2D eigenvalue weighted by Crippen LogP contribution is -2.05. The van der Waals surface area contributed by atoms with E-state index >= 15 is 0 Å². The van der Waals surface area contributed by atoms with E-state index in [4.69, 9.17) is 0 Å². The van der Waals surface area contributed by atoms with Gasteiger partial charge in [0.2, 0.25) is 0 Å². The molecule has 1 aromatic heterocycles. The van der Waals surface area contributed by atoms with E-state index in [2.05, 4.69) is 58.3 Å². The highest BCUT2D eigenvalue weighted by Crippen LogP contribution is 2.31. The fraction of sp³-hybridized carbons (Fsp3) is 0.0400. The molecule has 3 aromatic rings. The topological polar surface area (TPSA) is 30.7 Å². The van der Waals surface area contributed by atoms with E-state index < -0.39 is 0 Å². The Balaban J connectivity index is 2.02. The van der Waals surface area contributed by atoms with Crippen LogP contribution in [0.2, 0.25) is 0 Å². The van der Waals surface area contributed by atoms with Crippen molar-refractivity contribution >= 4 is 17.7 Å². The van der Waals surface area contributed by atoms with Gasteiger partial charge in [-0.25, -0.2) is 0 Å². The van der Waals surface area contributed by atoms with E-state index in [0.29, 0.717) is 0 Å². The summed E-state index contributed by atoms with van der Waals surface area (Å²) in [5.74, 6) is 1.61. The maximum atomic E-state index is 4.57. The van der Waals surface area contributed by atoms with Crippen molar-refractivity contribution in [3.05, 3.63) is 109 Å². The van der Waals surface area contributed by atoms with Gasteiger partial charge < -0.3 is 0 Å². The molecule has 1 heterocycles. The lowest BCUT2D eigenvalue weighted by molar-refractivity contribution is 1.02. The zero-order valence-electron chi connectivity index (χ0n) is 15.6. The number of hydrogen-bond donors (Lipinski definition) is 0.